The maximum absolute atomic E-state index is 13.4. The summed E-state index contributed by atoms with van der Waals surface area (Å²) in [6.07, 6.45) is 0. The summed E-state index contributed by atoms with van der Waals surface area (Å²) in [5.41, 5.74) is 3.58. The van der Waals surface area contributed by atoms with Crippen LogP contribution in [0.3, 0.4) is 0 Å². The second kappa shape index (κ2) is 8.75. The molecule has 0 saturated carbocycles. The molecular formula is C14H23Cl2FN2. The molecule has 110 valence electrons. The van der Waals surface area contributed by atoms with E-state index >= 15 is 0 Å². The summed E-state index contributed by atoms with van der Waals surface area (Å²) >= 11 is 0. The maximum atomic E-state index is 13.4. The number of alkyl halides is 1. The van der Waals surface area contributed by atoms with Crippen LogP contribution in [0.5, 0.6) is 0 Å². The summed E-state index contributed by atoms with van der Waals surface area (Å²) < 4.78 is 13.4. The van der Waals surface area contributed by atoms with Crippen LogP contribution in [-0.2, 0) is 0 Å². The Kier molecular flexibility index (Phi) is 8.59. The molecule has 1 atom stereocenters. The van der Waals surface area contributed by atoms with Crippen molar-refractivity contribution in [3.05, 3.63) is 34.9 Å². The van der Waals surface area contributed by atoms with Gasteiger partial charge in [-0.1, -0.05) is 18.2 Å². The number of nitrogens with zero attached hydrogens (tertiary/aromatic N) is 1. The summed E-state index contributed by atoms with van der Waals surface area (Å²) in [5, 5.41) is 3.31. The van der Waals surface area contributed by atoms with Crippen molar-refractivity contribution in [2.24, 2.45) is 0 Å². The van der Waals surface area contributed by atoms with Crippen LogP contribution >= 0.6 is 24.8 Å². The van der Waals surface area contributed by atoms with E-state index in [0.29, 0.717) is 0 Å². The zero-order valence-electron chi connectivity index (χ0n) is 11.5. The van der Waals surface area contributed by atoms with Gasteiger partial charge in [-0.2, -0.15) is 0 Å². The van der Waals surface area contributed by atoms with Crippen molar-refractivity contribution in [1.29, 1.82) is 0 Å². The first kappa shape index (κ1) is 18.7. The largest absolute Gasteiger partial charge is 0.314 e. The summed E-state index contributed by atoms with van der Waals surface area (Å²) in [6, 6.07) is 6.13. The van der Waals surface area contributed by atoms with E-state index in [1.54, 1.807) is 0 Å². The standard InChI is InChI=1S/C14H21FN2.2ClH/c1-11-4-3-5-12(2)14(11)13(10-15)17-8-6-16-7-9-17;;/h3-5,13,16H,6-10H2,1-2H3;2*1H/t13-;;/m1../s1. The molecule has 1 N–H and O–H groups in total. The van der Waals surface area contributed by atoms with Gasteiger partial charge in [-0.05, 0) is 30.5 Å². The van der Waals surface area contributed by atoms with E-state index < -0.39 is 0 Å². The van der Waals surface area contributed by atoms with Gasteiger partial charge in [-0.3, -0.25) is 4.90 Å². The zero-order valence-corrected chi connectivity index (χ0v) is 13.1. The third-order valence-electron chi connectivity index (χ3n) is 3.61. The van der Waals surface area contributed by atoms with Crippen molar-refractivity contribution < 1.29 is 4.39 Å². The number of halogens is 3. The van der Waals surface area contributed by atoms with Crippen LogP contribution in [0.15, 0.2) is 18.2 Å². The van der Waals surface area contributed by atoms with Crippen molar-refractivity contribution in [2.75, 3.05) is 32.9 Å². The average molecular weight is 309 g/mol. The van der Waals surface area contributed by atoms with E-state index in [2.05, 4.69) is 36.2 Å². The van der Waals surface area contributed by atoms with Crippen LogP contribution in [0.2, 0.25) is 0 Å². The van der Waals surface area contributed by atoms with Crippen molar-refractivity contribution in [2.45, 2.75) is 19.9 Å². The molecule has 0 aliphatic carbocycles. The number of aryl methyl sites for hydroxylation is 2. The Bertz CT molecular complexity index is 361. The molecule has 0 unspecified atom stereocenters. The molecule has 5 heteroatoms. The highest BCUT2D eigenvalue weighted by Crippen LogP contribution is 2.27. The number of hydrogen-bond donors (Lipinski definition) is 1. The van der Waals surface area contributed by atoms with E-state index in [1.807, 2.05) is 6.07 Å². The van der Waals surface area contributed by atoms with Crippen LogP contribution in [0.1, 0.15) is 22.7 Å². The second-order valence-electron chi connectivity index (χ2n) is 4.76. The van der Waals surface area contributed by atoms with Gasteiger partial charge in [0.2, 0.25) is 0 Å². The molecule has 0 bridgehead atoms. The van der Waals surface area contributed by atoms with Crippen molar-refractivity contribution in [3.63, 3.8) is 0 Å². The molecule has 1 aromatic carbocycles. The highest BCUT2D eigenvalue weighted by molar-refractivity contribution is 5.85. The molecule has 1 aromatic rings. The summed E-state index contributed by atoms with van der Waals surface area (Å²) in [7, 11) is 0. The van der Waals surface area contributed by atoms with Gasteiger partial charge in [0, 0.05) is 26.2 Å². The van der Waals surface area contributed by atoms with Crippen LogP contribution in [0.25, 0.3) is 0 Å². The fourth-order valence-corrected chi connectivity index (χ4v) is 2.70. The normalized spacial score (nSPS) is 17.2. The first-order valence-corrected chi connectivity index (χ1v) is 6.31. The van der Waals surface area contributed by atoms with Gasteiger partial charge in [0.25, 0.3) is 0 Å². The predicted octanol–water partition coefficient (Wildman–Crippen LogP) is 3.06. The number of rotatable bonds is 3. The van der Waals surface area contributed by atoms with Gasteiger partial charge >= 0.3 is 0 Å². The first-order chi connectivity index (χ1) is 8.24. The Morgan fingerprint density at radius 1 is 1.16 bits per heavy atom. The van der Waals surface area contributed by atoms with Crippen LogP contribution in [-0.4, -0.2) is 37.8 Å². The minimum atomic E-state index is -0.300. The lowest BCUT2D eigenvalue weighted by Crippen LogP contribution is -2.46. The van der Waals surface area contributed by atoms with Gasteiger partial charge in [0.05, 0.1) is 6.04 Å². The molecule has 1 heterocycles. The van der Waals surface area contributed by atoms with Gasteiger partial charge in [0.15, 0.2) is 0 Å². The summed E-state index contributed by atoms with van der Waals surface area (Å²) in [6.45, 7) is 7.64. The fourth-order valence-electron chi connectivity index (χ4n) is 2.70. The van der Waals surface area contributed by atoms with Crippen molar-refractivity contribution >= 4 is 24.8 Å². The Balaban J connectivity index is 0.00000162. The van der Waals surface area contributed by atoms with Crippen LogP contribution < -0.4 is 5.32 Å². The summed E-state index contributed by atoms with van der Waals surface area (Å²) in [5.74, 6) is 0. The molecule has 19 heavy (non-hydrogen) atoms. The molecule has 2 rings (SSSR count). The van der Waals surface area contributed by atoms with E-state index in [1.165, 1.54) is 16.7 Å². The molecule has 0 amide bonds. The Hall–Kier alpha value is -0.350. The molecule has 1 aliphatic heterocycles. The number of hydrogen-bond acceptors (Lipinski definition) is 2. The monoisotopic (exact) mass is 308 g/mol. The Morgan fingerprint density at radius 2 is 1.68 bits per heavy atom. The van der Waals surface area contributed by atoms with E-state index in [9.17, 15) is 4.39 Å². The first-order valence-electron chi connectivity index (χ1n) is 6.31. The Morgan fingerprint density at radius 3 is 2.16 bits per heavy atom. The van der Waals surface area contributed by atoms with E-state index in [-0.39, 0.29) is 37.5 Å². The molecule has 0 aromatic heterocycles. The average Bonchev–Trinajstić information content (AvgIpc) is 2.35. The Labute approximate surface area is 127 Å². The lowest BCUT2D eigenvalue weighted by molar-refractivity contribution is 0.146. The van der Waals surface area contributed by atoms with Gasteiger partial charge < -0.3 is 5.32 Å². The van der Waals surface area contributed by atoms with Crippen molar-refractivity contribution in [1.82, 2.24) is 10.2 Å². The number of piperazine rings is 1. The fraction of sp³-hybridized carbons (Fsp3) is 0.571. The minimum absolute atomic E-state index is 0. The maximum Gasteiger partial charge on any atom is 0.109 e. The van der Waals surface area contributed by atoms with E-state index in [4.69, 9.17) is 0 Å². The van der Waals surface area contributed by atoms with Gasteiger partial charge in [0.1, 0.15) is 6.67 Å². The van der Waals surface area contributed by atoms with Crippen molar-refractivity contribution in [3.8, 4) is 0 Å². The summed E-state index contributed by atoms with van der Waals surface area (Å²) in [4.78, 5) is 2.26. The molecule has 1 fully saturated rings. The second-order valence-corrected chi connectivity index (χ2v) is 4.76. The predicted molar refractivity (Wildman–Crippen MR) is 83.6 cm³/mol. The lowest BCUT2D eigenvalue weighted by Gasteiger charge is -2.35. The van der Waals surface area contributed by atoms with Gasteiger partial charge in [-0.15, -0.1) is 24.8 Å². The zero-order chi connectivity index (χ0) is 12.3. The number of nitrogens with one attached hydrogen (secondary N) is 1. The number of benzene rings is 1. The molecule has 2 nitrogen and oxygen atoms in total. The molecule has 0 spiro atoms. The molecule has 1 aliphatic rings. The van der Waals surface area contributed by atoms with Gasteiger partial charge in [-0.25, -0.2) is 4.39 Å². The lowest BCUT2D eigenvalue weighted by atomic mass is 9.95. The molecular weight excluding hydrogens is 286 g/mol. The SMILES string of the molecule is Cc1cccc(C)c1[C@@H](CF)N1CCNCC1.Cl.Cl. The highest BCUT2D eigenvalue weighted by atomic mass is 35.5. The van der Waals surface area contributed by atoms with Crippen LogP contribution in [0, 0.1) is 13.8 Å². The smallest absolute Gasteiger partial charge is 0.109 e. The minimum Gasteiger partial charge on any atom is -0.314 e. The van der Waals surface area contributed by atoms with Crippen LogP contribution in [0.4, 0.5) is 4.39 Å². The highest BCUT2D eigenvalue weighted by Gasteiger charge is 2.24. The quantitative estimate of drug-likeness (QED) is 0.923. The van der Waals surface area contributed by atoms with E-state index in [0.717, 1.165) is 26.2 Å². The molecule has 0 radical (unpaired) electrons. The topological polar surface area (TPSA) is 15.3 Å². The third-order valence-corrected chi connectivity index (χ3v) is 3.61. The molecule has 1 saturated heterocycles. The third kappa shape index (κ3) is 4.32.